The van der Waals surface area contributed by atoms with Crippen molar-refractivity contribution >= 4 is 5.78 Å². The lowest BCUT2D eigenvalue weighted by molar-refractivity contribution is -0.118. The second-order valence-electron chi connectivity index (χ2n) is 5.27. The summed E-state index contributed by atoms with van der Waals surface area (Å²) in [7, 11) is 0. The molecule has 0 spiro atoms. The maximum Gasteiger partial charge on any atom is 0.138 e. The largest absolute Gasteiger partial charge is 0.312 e. The third-order valence-corrected chi connectivity index (χ3v) is 2.37. The van der Waals surface area contributed by atoms with Crippen LogP contribution >= 0.6 is 0 Å². The van der Waals surface area contributed by atoms with Crippen molar-refractivity contribution in [3.63, 3.8) is 0 Å². The lowest BCUT2D eigenvalue weighted by Gasteiger charge is -2.20. The molecule has 1 rings (SSSR count). The summed E-state index contributed by atoms with van der Waals surface area (Å²) in [5.74, 6) is -0.0936. The molecule has 2 nitrogen and oxygen atoms in total. The third-order valence-electron chi connectivity index (χ3n) is 2.37. The number of carbonyl (C=O) groups is 1. The first-order valence-electron chi connectivity index (χ1n) is 5.88. The van der Waals surface area contributed by atoms with E-state index in [1.807, 2.05) is 0 Å². The fourth-order valence-electron chi connectivity index (χ4n) is 1.50. The van der Waals surface area contributed by atoms with Crippen LogP contribution in [0.5, 0.6) is 0 Å². The molecule has 17 heavy (non-hydrogen) atoms. The van der Waals surface area contributed by atoms with Gasteiger partial charge in [-0.05, 0) is 38.5 Å². The van der Waals surface area contributed by atoms with Crippen LogP contribution in [0.25, 0.3) is 0 Å². The van der Waals surface area contributed by atoms with Crippen molar-refractivity contribution in [2.24, 2.45) is 0 Å². The van der Waals surface area contributed by atoms with E-state index in [-0.39, 0.29) is 17.1 Å². The van der Waals surface area contributed by atoms with Crippen molar-refractivity contribution in [2.45, 2.75) is 39.2 Å². The molecule has 0 aliphatic rings. The maximum atomic E-state index is 12.7. The number of ketones is 1. The van der Waals surface area contributed by atoms with E-state index in [1.165, 1.54) is 12.1 Å². The molecule has 0 fully saturated rings. The van der Waals surface area contributed by atoms with Gasteiger partial charge in [0.2, 0.25) is 0 Å². The van der Waals surface area contributed by atoms with Crippen LogP contribution in [0.15, 0.2) is 24.3 Å². The highest BCUT2D eigenvalue weighted by Gasteiger charge is 2.10. The Balaban J connectivity index is 2.32. The van der Waals surface area contributed by atoms with Crippen LogP contribution in [0.1, 0.15) is 32.8 Å². The molecular weight excluding hydrogens is 217 g/mol. The van der Waals surface area contributed by atoms with Crippen LogP contribution in [-0.2, 0) is 11.2 Å². The van der Waals surface area contributed by atoms with E-state index in [9.17, 15) is 9.18 Å². The number of nitrogens with one attached hydrogen (secondary N) is 1. The van der Waals surface area contributed by atoms with E-state index in [2.05, 4.69) is 26.1 Å². The summed E-state index contributed by atoms with van der Waals surface area (Å²) in [6, 6.07) is 6.08. The molecule has 0 heterocycles. The lowest BCUT2D eigenvalue weighted by atomic mass is 10.1. The molecule has 3 heteroatoms. The number of hydrogen-bond donors (Lipinski definition) is 1. The fourth-order valence-corrected chi connectivity index (χ4v) is 1.50. The van der Waals surface area contributed by atoms with Gasteiger partial charge in [0, 0.05) is 24.9 Å². The minimum Gasteiger partial charge on any atom is -0.312 e. The molecule has 0 atom stereocenters. The van der Waals surface area contributed by atoms with Crippen LogP contribution in [-0.4, -0.2) is 17.9 Å². The van der Waals surface area contributed by atoms with Gasteiger partial charge in [0.1, 0.15) is 11.6 Å². The topological polar surface area (TPSA) is 29.1 Å². The molecule has 0 aliphatic carbocycles. The second kappa shape index (κ2) is 5.92. The van der Waals surface area contributed by atoms with E-state index in [0.29, 0.717) is 19.4 Å². The Morgan fingerprint density at radius 3 is 2.35 bits per heavy atom. The highest BCUT2D eigenvalue weighted by molar-refractivity contribution is 5.81. The Bertz CT molecular complexity index is 365. The molecule has 0 aliphatic heterocycles. The highest BCUT2D eigenvalue weighted by atomic mass is 19.1. The number of hydrogen-bond acceptors (Lipinski definition) is 2. The Labute approximate surface area is 102 Å². The first-order valence-corrected chi connectivity index (χ1v) is 5.88. The maximum absolute atomic E-state index is 12.7. The average Bonchev–Trinajstić information content (AvgIpc) is 2.19. The van der Waals surface area contributed by atoms with Crippen molar-refractivity contribution in [1.82, 2.24) is 5.32 Å². The Morgan fingerprint density at radius 1 is 1.24 bits per heavy atom. The van der Waals surface area contributed by atoms with Gasteiger partial charge in [0.05, 0.1) is 0 Å². The Morgan fingerprint density at radius 2 is 1.82 bits per heavy atom. The molecule has 0 bridgehead atoms. The summed E-state index contributed by atoms with van der Waals surface area (Å²) in [5, 5.41) is 3.27. The minimum absolute atomic E-state index is 0.0379. The van der Waals surface area contributed by atoms with Crippen molar-refractivity contribution in [3.8, 4) is 0 Å². The van der Waals surface area contributed by atoms with Crippen LogP contribution in [0.4, 0.5) is 4.39 Å². The molecule has 1 aromatic rings. The van der Waals surface area contributed by atoms with E-state index >= 15 is 0 Å². The zero-order valence-electron chi connectivity index (χ0n) is 10.7. The Hall–Kier alpha value is -1.22. The molecule has 0 saturated heterocycles. The predicted octanol–water partition coefficient (Wildman–Crippen LogP) is 2.72. The van der Waals surface area contributed by atoms with Gasteiger partial charge in [-0.15, -0.1) is 0 Å². The van der Waals surface area contributed by atoms with E-state index in [0.717, 1.165) is 5.56 Å². The molecule has 0 aromatic heterocycles. The SMILES string of the molecule is CC(C)(C)NCCC(=O)Cc1ccc(F)cc1. The standard InChI is InChI=1S/C14H20FNO/c1-14(2,3)16-9-8-13(17)10-11-4-6-12(15)7-5-11/h4-7,16H,8-10H2,1-3H3. The summed E-state index contributed by atoms with van der Waals surface area (Å²) in [5.41, 5.74) is 0.906. The molecule has 1 aromatic carbocycles. The predicted molar refractivity (Wildman–Crippen MR) is 67.5 cm³/mol. The molecule has 1 N–H and O–H groups in total. The highest BCUT2D eigenvalue weighted by Crippen LogP contribution is 2.05. The van der Waals surface area contributed by atoms with Crippen LogP contribution in [0.2, 0.25) is 0 Å². The summed E-state index contributed by atoms with van der Waals surface area (Å²) in [6.45, 7) is 6.88. The van der Waals surface area contributed by atoms with E-state index in [1.54, 1.807) is 12.1 Å². The van der Waals surface area contributed by atoms with Crippen LogP contribution < -0.4 is 5.32 Å². The molecule has 0 saturated carbocycles. The van der Waals surface area contributed by atoms with Crippen molar-refractivity contribution in [2.75, 3.05) is 6.54 Å². The zero-order chi connectivity index (χ0) is 12.9. The lowest BCUT2D eigenvalue weighted by Crippen LogP contribution is -2.37. The van der Waals surface area contributed by atoms with Crippen molar-refractivity contribution in [1.29, 1.82) is 0 Å². The van der Waals surface area contributed by atoms with Gasteiger partial charge in [-0.25, -0.2) is 4.39 Å². The number of Topliss-reactive ketones (excluding diaryl/α,β-unsaturated/α-hetero) is 1. The van der Waals surface area contributed by atoms with Crippen LogP contribution in [0.3, 0.4) is 0 Å². The average molecular weight is 237 g/mol. The molecule has 0 unspecified atom stereocenters. The molecule has 0 amide bonds. The third kappa shape index (κ3) is 6.17. The van der Waals surface area contributed by atoms with E-state index in [4.69, 9.17) is 0 Å². The molecular formula is C14H20FNO. The van der Waals surface area contributed by atoms with E-state index < -0.39 is 0 Å². The summed E-state index contributed by atoms with van der Waals surface area (Å²) >= 11 is 0. The molecule has 94 valence electrons. The van der Waals surface area contributed by atoms with Gasteiger partial charge >= 0.3 is 0 Å². The quantitative estimate of drug-likeness (QED) is 0.853. The summed E-state index contributed by atoms with van der Waals surface area (Å²) in [6.07, 6.45) is 0.890. The van der Waals surface area contributed by atoms with Gasteiger partial charge in [-0.3, -0.25) is 4.79 Å². The van der Waals surface area contributed by atoms with Gasteiger partial charge in [-0.1, -0.05) is 12.1 Å². The van der Waals surface area contributed by atoms with Crippen molar-refractivity contribution < 1.29 is 9.18 Å². The summed E-state index contributed by atoms with van der Waals surface area (Å²) in [4.78, 5) is 11.6. The van der Waals surface area contributed by atoms with Gasteiger partial charge in [-0.2, -0.15) is 0 Å². The number of rotatable bonds is 5. The number of benzene rings is 1. The number of carbonyl (C=O) groups excluding carboxylic acids is 1. The Kier molecular flexibility index (Phi) is 4.82. The first kappa shape index (κ1) is 13.8. The second-order valence-corrected chi connectivity index (χ2v) is 5.27. The zero-order valence-corrected chi connectivity index (χ0v) is 10.7. The smallest absolute Gasteiger partial charge is 0.138 e. The normalized spacial score (nSPS) is 11.5. The summed E-state index contributed by atoms with van der Waals surface area (Å²) < 4.78 is 12.7. The molecule has 0 radical (unpaired) electrons. The van der Waals surface area contributed by atoms with Gasteiger partial charge in [0.25, 0.3) is 0 Å². The van der Waals surface area contributed by atoms with Crippen molar-refractivity contribution in [3.05, 3.63) is 35.6 Å². The fraction of sp³-hybridized carbons (Fsp3) is 0.500. The van der Waals surface area contributed by atoms with Gasteiger partial charge < -0.3 is 5.32 Å². The minimum atomic E-state index is -0.268. The monoisotopic (exact) mass is 237 g/mol. The van der Waals surface area contributed by atoms with Crippen LogP contribution in [0, 0.1) is 5.82 Å². The first-order chi connectivity index (χ1) is 7.87. The number of halogens is 1. The van der Waals surface area contributed by atoms with Gasteiger partial charge in [0.15, 0.2) is 0 Å².